The van der Waals surface area contributed by atoms with E-state index in [4.69, 9.17) is 0 Å². The van der Waals surface area contributed by atoms with Crippen molar-refractivity contribution < 1.29 is 0 Å². The van der Waals surface area contributed by atoms with Crippen LogP contribution in [-0.2, 0) is 10.8 Å². The lowest BCUT2D eigenvalue weighted by Gasteiger charge is -2.54. The minimum atomic E-state index is -0.666. The first kappa shape index (κ1) is 25.7. The molecule has 0 atom stereocenters. The van der Waals surface area contributed by atoms with Gasteiger partial charge in [-0.2, -0.15) is 0 Å². The summed E-state index contributed by atoms with van der Waals surface area (Å²) in [5.41, 5.74) is 6.15. The SMILES string of the molecule is c1ccc(C(c2ccccc2)(c2ccccc2)C(c2ccccc2)(c2ccccc2)c2cccc3ccccc23)cc1. The van der Waals surface area contributed by atoms with Crippen LogP contribution in [-0.4, -0.2) is 0 Å². The average Bonchev–Trinajstić information content (AvgIpc) is 3.09. The van der Waals surface area contributed by atoms with Crippen molar-refractivity contribution in [1.29, 1.82) is 0 Å². The van der Waals surface area contributed by atoms with Crippen molar-refractivity contribution in [3.63, 3.8) is 0 Å². The molecule has 0 aliphatic heterocycles. The Bertz CT molecular complexity index is 1750. The summed E-state index contributed by atoms with van der Waals surface area (Å²) in [6.45, 7) is 0. The largest absolute Gasteiger partial charge is 0.0635 e. The van der Waals surface area contributed by atoms with E-state index in [2.05, 4.69) is 194 Å². The molecule has 7 aromatic rings. The van der Waals surface area contributed by atoms with Gasteiger partial charge in [-0.3, -0.25) is 0 Å². The highest BCUT2D eigenvalue weighted by Gasteiger charge is 2.58. The minimum Gasteiger partial charge on any atom is -0.0622 e. The van der Waals surface area contributed by atoms with Gasteiger partial charge in [0.25, 0.3) is 0 Å². The van der Waals surface area contributed by atoms with Crippen molar-refractivity contribution in [1.82, 2.24) is 0 Å². The van der Waals surface area contributed by atoms with Gasteiger partial charge in [0.2, 0.25) is 0 Å². The monoisotopic (exact) mass is 536 g/mol. The van der Waals surface area contributed by atoms with Crippen molar-refractivity contribution in [2.45, 2.75) is 10.8 Å². The Morgan fingerprint density at radius 1 is 0.238 bits per heavy atom. The van der Waals surface area contributed by atoms with Gasteiger partial charge >= 0.3 is 0 Å². The van der Waals surface area contributed by atoms with E-state index in [0.717, 1.165) is 0 Å². The third kappa shape index (κ3) is 3.91. The highest BCUT2D eigenvalue weighted by molar-refractivity contribution is 5.89. The lowest BCUT2D eigenvalue weighted by atomic mass is 9.46. The average molecular weight is 537 g/mol. The van der Waals surface area contributed by atoms with Gasteiger partial charge in [0.15, 0.2) is 0 Å². The van der Waals surface area contributed by atoms with Crippen LogP contribution in [0.2, 0.25) is 0 Å². The molecule has 0 radical (unpaired) electrons. The first-order valence-electron chi connectivity index (χ1n) is 14.6. The third-order valence-electron chi connectivity index (χ3n) is 8.79. The Morgan fingerprint density at radius 3 is 0.952 bits per heavy atom. The van der Waals surface area contributed by atoms with Gasteiger partial charge in [0, 0.05) is 0 Å². The number of fused-ring (bicyclic) bond motifs is 1. The quantitative estimate of drug-likeness (QED) is 0.178. The van der Waals surface area contributed by atoms with Crippen LogP contribution in [0.25, 0.3) is 10.8 Å². The summed E-state index contributed by atoms with van der Waals surface area (Å²) in [4.78, 5) is 0. The minimum absolute atomic E-state index is 0.649. The zero-order chi connectivity index (χ0) is 28.2. The molecule has 0 spiro atoms. The maximum atomic E-state index is 2.35. The smallest absolute Gasteiger partial charge is 0.0622 e. The number of benzene rings is 7. The topological polar surface area (TPSA) is 0 Å². The molecule has 0 amide bonds. The van der Waals surface area contributed by atoms with Crippen molar-refractivity contribution in [3.05, 3.63) is 228 Å². The Labute approximate surface area is 248 Å². The molecule has 0 unspecified atom stereocenters. The van der Waals surface area contributed by atoms with Crippen LogP contribution in [0, 0.1) is 0 Å². The molecule has 7 aromatic carbocycles. The fraction of sp³-hybridized carbons (Fsp3) is 0.0476. The molecule has 0 N–H and O–H groups in total. The Balaban J connectivity index is 1.83. The maximum Gasteiger partial charge on any atom is 0.0635 e. The van der Waals surface area contributed by atoms with Gasteiger partial charge in [-0.05, 0) is 44.2 Å². The lowest BCUT2D eigenvalue weighted by Crippen LogP contribution is -2.52. The van der Waals surface area contributed by atoms with Gasteiger partial charge in [-0.1, -0.05) is 194 Å². The summed E-state index contributed by atoms with van der Waals surface area (Å²) in [5.74, 6) is 0. The van der Waals surface area contributed by atoms with Crippen molar-refractivity contribution >= 4 is 10.8 Å². The van der Waals surface area contributed by atoms with Crippen LogP contribution in [0.1, 0.15) is 33.4 Å². The fourth-order valence-corrected chi connectivity index (χ4v) is 7.26. The molecule has 0 aromatic heterocycles. The molecule has 42 heavy (non-hydrogen) atoms. The summed E-state index contributed by atoms with van der Waals surface area (Å²) in [6, 6.07) is 71.2. The summed E-state index contributed by atoms with van der Waals surface area (Å²) in [7, 11) is 0. The van der Waals surface area contributed by atoms with E-state index in [1.54, 1.807) is 0 Å². The molecule has 0 heteroatoms. The van der Waals surface area contributed by atoms with Gasteiger partial charge in [0.05, 0.1) is 10.8 Å². The first-order valence-corrected chi connectivity index (χ1v) is 14.6. The molecule has 0 bridgehead atoms. The number of rotatable bonds is 7. The molecule has 0 heterocycles. The zero-order valence-electron chi connectivity index (χ0n) is 23.5. The molecule has 200 valence electrons. The molecule has 0 saturated carbocycles. The van der Waals surface area contributed by atoms with Crippen LogP contribution < -0.4 is 0 Å². The molecule has 7 rings (SSSR count). The second-order valence-corrected chi connectivity index (χ2v) is 10.9. The second kappa shape index (κ2) is 11.0. The first-order chi connectivity index (χ1) is 20.9. The highest BCUT2D eigenvalue weighted by atomic mass is 14.6. The lowest BCUT2D eigenvalue weighted by molar-refractivity contribution is 0.422. The van der Waals surface area contributed by atoms with Gasteiger partial charge < -0.3 is 0 Å². The van der Waals surface area contributed by atoms with Crippen LogP contribution >= 0.6 is 0 Å². The van der Waals surface area contributed by atoms with Crippen molar-refractivity contribution in [2.75, 3.05) is 0 Å². The van der Waals surface area contributed by atoms with Crippen LogP contribution in [0.4, 0.5) is 0 Å². The Kier molecular flexibility index (Phi) is 6.74. The highest BCUT2D eigenvalue weighted by Crippen LogP contribution is 2.60. The molecular weight excluding hydrogens is 504 g/mol. The van der Waals surface area contributed by atoms with Gasteiger partial charge in [0.1, 0.15) is 0 Å². The second-order valence-electron chi connectivity index (χ2n) is 10.9. The van der Waals surface area contributed by atoms with Crippen molar-refractivity contribution in [2.24, 2.45) is 0 Å². The van der Waals surface area contributed by atoms with Gasteiger partial charge in [-0.25, -0.2) is 0 Å². The standard InChI is InChI=1S/C42H32/c1-6-21-34(22-7-1)41(35-23-8-2-9-24-35,36-25-10-3-11-26-36)42(37-27-12-4-13-28-37,38-29-14-5-15-30-38)40-32-18-20-33-19-16-17-31-39(33)40/h1-32H. The zero-order valence-corrected chi connectivity index (χ0v) is 23.5. The maximum absolute atomic E-state index is 2.35. The molecule has 0 aliphatic rings. The molecule has 0 nitrogen and oxygen atoms in total. The van der Waals surface area contributed by atoms with E-state index < -0.39 is 10.8 Å². The fourth-order valence-electron chi connectivity index (χ4n) is 7.26. The van der Waals surface area contributed by atoms with E-state index >= 15 is 0 Å². The predicted octanol–water partition coefficient (Wildman–Crippen LogP) is 10.2. The van der Waals surface area contributed by atoms with E-state index in [1.165, 1.54) is 44.2 Å². The van der Waals surface area contributed by atoms with E-state index in [1.807, 2.05) is 0 Å². The predicted molar refractivity (Wildman–Crippen MR) is 176 cm³/mol. The number of hydrogen-bond donors (Lipinski definition) is 0. The summed E-state index contributed by atoms with van der Waals surface area (Å²) in [6.07, 6.45) is 0. The summed E-state index contributed by atoms with van der Waals surface area (Å²) >= 11 is 0. The number of hydrogen-bond acceptors (Lipinski definition) is 0. The molecule has 0 fully saturated rings. The van der Waals surface area contributed by atoms with E-state index in [0.29, 0.717) is 0 Å². The van der Waals surface area contributed by atoms with Crippen LogP contribution in [0.3, 0.4) is 0 Å². The van der Waals surface area contributed by atoms with Crippen molar-refractivity contribution in [3.8, 4) is 0 Å². The van der Waals surface area contributed by atoms with Crippen LogP contribution in [0.15, 0.2) is 194 Å². The van der Waals surface area contributed by atoms with E-state index in [-0.39, 0.29) is 0 Å². The summed E-state index contributed by atoms with van der Waals surface area (Å²) < 4.78 is 0. The molecule has 0 saturated heterocycles. The van der Waals surface area contributed by atoms with Crippen LogP contribution in [0.5, 0.6) is 0 Å². The Morgan fingerprint density at radius 2 is 0.548 bits per heavy atom. The Hall–Kier alpha value is -5.20. The normalized spacial score (nSPS) is 11.8. The third-order valence-corrected chi connectivity index (χ3v) is 8.79. The molecule has 0 aliphatic carbocycles. The molecular formula is C42H32. The summed E-state index contributed by atoms with van der Waals surface area (Å²) in [5, 5.41) is 2.48. The van der Waals surface area contributed by atoms with Gasteiger partial charge in [-0.15, -0.1) is 0 Å². The van der Waals surface area contributed by atoms with E-state index in [9.17, 15) is 0 Å².